The second-order valence-electron chi connectivity index (χ2n) is 9.45. The molecule has 1 aromatic rings. The van der Waals surface area contributed by atoms with Gasteiger partial charge in [-0.05, 0) is 0 Å². The number of hydrogen-bond acceptors (Lipinski definition) is 0. The molecule has 0 aromatic heterocycles. The van der Waals surface area contributed by atoms with Crippen LogP contribution < -0.4 is 0 Å². The van der Waals surface area contributed by atoms with E-state index < -0.39 is 22.9 Å². The van der Waals surface area contributed by atoms with Gasteiger partial charge in [0.15, 0.2) is 0 Å². The van der Waals surface area contributed by atoms with Crippen LogP contribution >= 0.6 is 0 Å². The summed E-state index contributed by atoms with van der Waals surface area (Å²) in [6.07, 6.45) is 7.48. The molecule has 3 aliphatic rings. The van der Waals surface area contributed by atoms with Crippen LogP contribution in [0, 0.1) is 5.41 Å². The van der Waals surface area contributed by atoms with Gasteiger partial charge in [0, 0.05) is 0 Å². The molecule has 0 radical (unpaired) electrons. The second-order valence-corrected chi connectivity index (χ2v) is 16.3. The zero-order valence-corrected chi connectivity index (χ0v) is 20.4. The third-order valence-electron chi connectivity index (χ3n) is 6.92. The molecule has 0 saturated heterocycles. The molecule has 0 heterocycles. The van der Waals surface area contributed by atoms with Crippen molar-refractivity contribution < 1.29 is 22.9 Å². The summed E-state index contributed by atoms with van der Waals surface area (Å²) in [4.78, 5) is 0. The Balaban J connectivity index is 1.70. The van der Waals surface area contributed by atoms with Gasteiger partial charge >= 0.3 is 165 Å². The van der Waals surface area contributed by atoms with Crippen LogP contribution in [0.1, 0.15) is 70.7 Å². The molecule has 0 fully saturated rings. The van der Waals surface area contributed by atoms with Crippen molar-refractivity contribution in [2.24, 2.45) is 5.41 Å². The zero-order chi connectivity index (χ0) is 18.1. The van der Waals surface area contributed by atoms with Gasteiger partial charge < -0.3 is 0 Å². The SMILES string of the molecule is CC1=C(C)[CH]([Hf][C]2(C)C=Cc3cc4c(cc32)CC(C)(C)C4)C(C)=C1C. The van der Waals surface area contributed by atoms with Gasteiger partial charge in [-0.15, -0.1) is 0 Å². The summed E-state index contributed by atoms with van der Waals surface area (Å²) in [5, 5.41) is 0. The number of rotatable bonds is 2. The fourth-order valence-electron chi connectivity index (χ4n) is 5.06. The summed E-state index contributed by atoms with van der Waals surface area (Å²) in [6.45, 7) is 16.8. The Labute approximate surface area is 164 Å². The molecule has 3 aliphatic carbocycles. The molecule has 1 unspecified atom stereocenters. The van der Waals surface area contributed by atoms with Crippen LogP contribution in [0.15, 0.2) is 40.5 Å². The molecule has 1 heteroatoms. The summed E-state index contributed by atoms with van der Waals surface area (Å²) in [5.74, 6) is 0. The standard InChI is InChI=1S/C15H17.C9H13.Hf/c1-10-4-5-11-6-12-8-15(2,3)9-13(12)7-14(10)11;1-6-5-7(2)9(4)8(6)3;/h4-7H,8-9H2,1-3H3;5H,1-4H3;. The fraction of sp³-hybridized carbons (Fsp3) is 0.500. The Morgan fingerprint density at radius 1 is 0.880 bits per heavy atom. The number of benzene rings is 1. The Morgan fingerprint density at radius 2 is 1.44 bits per heavy atom. The van der Waals surface area contributed by atoms with Gasteiger partial charge in [-0.25, -0.2) is 0 Å². The average Bonchev–Trinajstić information content (AvgIpc) is 3.08. The third-order valence-corrected chi connectivity index (χ3v) is 14.8. The molecule has 4 rings (SSSR count). The Hall–Kier alpha value is -0.690. The van der Waals surface area contributed by atoms with Crippen molar-refractivity contribution in [2.75, 3.05) is 0 Å². The third kappa shape index (κ3) is 2.73. The van der Waals surface area contributed by atoms with Gasteiger partial charge in [0.05, 0.1) is 0 Å². The molecule has 1 aromatic carbocycles. The molecular weight excluding hydrogens is 467 g/mol. The summed E-state index contributed by atoms with van der Waals surface area (Å²) in [6, 6.07) is 5.11. The van der Waals surface area contributed by atoms with Crippen LogP contribution in [0.5, 0.6) is 0 Å². The van der Waals surface area contributed by atoms with Gasteiger partial charge in [0.2, 0.25) is 0 Å². The van der Waals surface area contributed by atoms with Crippen LogP contribution in [0.3, 0.4) is 0 Å². The molecule has 0 nitrogen and oxygen atoms in total. The first-order chi connectivity index (χ1) is 11.6. The Kier molecular flexibility index (Phi) is 4.00. The molecule has 0 spiro atoms. The topological polar surface area (TPSA) is 0 Å². The van der Waals surface area contributed by atoms with Crippen LogP contribution in [0.25, 0.3) is 6.08 Å². The van der Waals surface area contributed by atoms with E-state index in [0.717, 1.165) is 3.67 Å². The molecule has 1 atom stereocenters. The minimum absolute atomic E-state index is 0.356. The number of hydrogen-bond donors (Lipinski definition) is 0. The summed E-state index contributed by atoms with van der Waals surface area (Å²) in [7, 11) is 0. The first-order valence-corrected chi connectivity index (χ1v) is 13.5. The van der Waals surface area contributed by atoms with E-state index in [1.165, 1.54) is 18.4 Å². The van der Waals surface area contributed by atoms with Crippen molar-refractivity contribution in [3.05, 3.63) is 62.8 Å². The molecule has 0 aliphatic heterocycles. The van der Waals surface area contributed by atoms with Crippen LogP contribution in [0.2, 0.25) is 3.67 Å². The first kappa shape index (κ1) is 17.7. The second kappa shape index (κ2) is 5.65. The Morgan fingerprint density at radius 3 is 2.04 bits per heavy atom. The van der Waals surface area contributed by atoms with Crippen molar-refractivity contribution in [3.8, 4) is 0 Å². The van der Waals surface area contributed by atoms with Gasteiger partial charge in [-0.3, -0.25) is 0 Å². The minimum atomic E-state index is -0.963. The number of allylic oxidation sites excluding steroid dienone is 5. The summed E-state index contributed by atoms with van der Waals surface area (Å²) >= 11 is -0.963. The summed E-state index contributed by atoms with van der Waals surface area (Å²) < 4.78 is 1.15. The van der Waals surface area contributed by atoms with Crippen LogP contribution in [0.4, 0.5) is 0 Å². The predicted octanol–water partition coefficient (Wildman–Crippen LogP) is 6.61. The van der Waals surface area contributed by atoms with Gasteiger partial charge in [-0.2, -0.15) is 0 Å². The maximum absolute atomic E-state index is 2.60. The molecule has 0 amide bonds. The molecule has 0 bridgehead atoms. The van der Waals surface area contributed by atoms with Gasteiger partial charge in [0.25, 0.3) is 0 Å². The van der Waals surface area contributed by atoms with Gasteiger partial charge in [0.1, 0.15) is 0 Å². The van der Waals surface area contributed by atoms with Crippen molar-refractivity contribution in [1.29, 1.82) is 0 Å². The van der Waals surface area contributed by atoms with Crippen molar-refractivity contribution in [2.45, 2.75) is 68.2 Å². The molecule has 130 valence electrons. The summed E-state index contributed by atoms with van der Waals surface area (Å²) in [5.41, 5.74) is 13.3. The molecular formula is C24H30Hf. The first-order valence-electron chi connectivity index (χ1n) is 9.60. The molecule has 0 N–H and O–H groups in total. The van der Waals surface area contributed by atoms with Gasteiger partial charge in [-0.1, -0.05) is 0 Å². The van der Waals surface area contributed by atoms with E-state index >= 15 is 0 Å². The predicted molar refractivity (Wildman–Crippen MR) is 105 cm³/mol. The van der Waals surface area contributed by atoms with Crippen molar-refractivity contribution in [1.82, 2.24) is 0 Å². The zero-order valence-electron chi connectivity index (χ0n) is 16.8. The fourth-order valence-corrected chi connectivity index (χ4v) is 12.3. The van der Waals surface area contributed by atoms with E-state index in [1.807, 2.05) is 0 Å². The van der Waals surface area contributed by atoms with Crippen LogP contribution in [-0.2, 0) is 38.9 Å². The molecule has 0 saturated carbocycles. The van der Waals surface area contributed by atoms with E-state index in [2.05, 4.69) is 72.8 Å². The van der Waals surface area contributed by atoms with E-state index in [0.29, 0.717) is 8.59 Å². The maximum atomic E-state index is 2.60. The average molecular weight is 497 g/mol. The Bertz CT molecular complexity index is 838. The van der Waals surface area contributed by atoms with E-state index in [1.54, 1.807) is 39.0 Å². The van der Waals surface area contributed by atoms with E-state index in [9.17, 15) is 0 Å². The van der Waals surface area contributed by atoms with Crippen molar-refractivity contribution >= 4 is 6.08 Å². The van der Waals surface area contributed by atoms with Crippen LogP contribution in [-0.4, -0.2) is 0 Å². The normalized spacial score (nSPS) is 27.3. The molecule has 25 heavy (non-hydrogen) atoms. The number of fused-ring (bicyclic) bond motifs is 2. The quantitative estimate of drug-likeness (QED) is 0.404. The van der Waals surface area contributed by atoms with E-state index in [-0.39, 0.29) is 0 Å². The monoisotopic (exact) mass is 498 g/mol. The van der Waals surface area contributed by atoms with E-state index in [4.69, 9.17) is 0 Å². The van der Waals surface area contributed by atoms with Crippen molar-refractivity contribution in [3.63, 3.8) is 0 Å².